The standard InChI is InChI=1S/C13H17FN2O/c14-11-5-2-1-4-10(11)13(7-8-13)16-12(17)6-3-9-15/h1-2,4-5H,3,6-9,15H2,(H,16,17). The molecule has 3 N–H and O–H groups in total. The summed E-state index contributed by atoms with van der Waals surface area (Å²) in [6.45, 7) is 0.500. The molecule has 1 aliphatic rings. The molecule has 92 valence electrons. The van der Waals surface area contributed by atoms with Crippen LogP contribution in [0.3, 0.4) is 0 Å². The van der Waals surface area contributed by atoms with Gasteiger partial charge in [-0.3, -0.25) is 4.79 Å². The molecular weight excluding hydrogens is 219 g/mol. The van der Waals surface area contributed by atoms with Crippen molar-refractivity contribution in [3.8, 4) is 0 Å². The Bertz CT molecular complexity index is 416. The second kappa shape index (κ2) is 4.84. The fourth-order valence-electron chi connectivity index (χ4n) is 2.03. The molecule has 0 atom stereocenters. The molecule has 0 bridgehead atoms. The number of carbonyl (C=O) groups is 1. The van der Waals surface area contributed by atoms with E-state index in [1.54, 1.807) is 18.2 Å². The average Bonchev–Trinajstić information content (AvgIpc) is 3.07. The monoisotopic (exact) mass is 236 g/mol. The fraction of sp³-hybridized carbons (Fsp3) is 0.462. The summed E-state index contributed by atoms with van der Waals surface area (Å²) in [4.78, 5) is 11.7. The van der Waals surface area contributed by atoms with Gasteiger partial charge in [0.25, 0.3) is 0 Å². The molecule has 1 fully saturated rings. The van der Waals surface area contributed by atoms with Gasteiger partial charge in [-0.15, -0.1) is 0 Å². The van der Waals surface area contributed by atoms with Crippen LogP contribution in [0.15, 0.2) is 24.3 Å². The summed E-state index contributed by atoms with van der Waals surface area (Å²) >= 11 is 0. The first-order chi connectivity index (χ1) is 8.18. The van der Waals surface area contributed by atoms with Gasteiger partial charge in [-0.05, 0) is 31.9 Å². The molecular formula is C13H17FN2O. The van der Waals surface area contributed by atoms with E-state index in [1.165, 1.54) is 6.07 Å². The SMILES string of the molecule is NCCCC(=O)NC1(c2ccccc2F)CC1. The molecule has 0 unspecified atom stereocenters. The van der Waals surface area contributed by atoms with Crippen molar-refractivity contribution in [1.82, 2.24) is 5.32 Å². The fourth-order valence-corrected chi connectivity index (χ4v) is 2.03. The Balaban J connectivity index is 2.05. The highest BCUT2D eigenvalue weighted by Crippen LogP contribution is 2.46. The molecule has 1 saturated carbocycles. The van der Waals surface area contributed by atoms with Crippen LogP contribution in [-0.2, 0) is 10.3 Å². The molecule has 1 amide bonds. The maximum atomic E-state index is 13.7. The average molecular weight is 236 g/mol. The van der Waals surface area contributed by atoms with Crippen molar-refractivity contribution in [2.24, 2.45) is 5.73 Å². The minimum Gasteiger partial charge on any atom is -0.346 e. The Morgan fingerprint density at radius 2 is 2.12 bits per heavy atom. The van der Waals surface area contributed by atoms with Crippen LogP contribution in [-0.4, -0.2) is 12.5 Å². The number of nitrogens with two attached hydrogens (primary N) is 1. The van der Waals surface area contributed by atoms with Gasteiger partial charge >= 0.3 is 0 Å². The van der Waals surface area contributed by atoms with Crippen molar-refractivity contribution in [3.63, 3.8) is 0 Å². The predicted molar refractivity (Wildman–Crippen MR) is 63.7 cm³/mol. The number of amides is 1. The Hall–Kier alpha value is -1.42. The van der Waals surface area contributed by atoms with Crippen LogP contribution in [0.4, 0.5) is 4.39 Å². The van der Waals surface area contributed by atoms with Gasteiger partial charge in [-0.25, -0.2) is 4.39 Å². The summed E-state index contributed by atoms with van der Waals surface area (Å²) in [5, 5.41) is 2.92. The van der Waals surface area contributed by atoms with E-state index < -0.39 is 5.54 Å². The second-order valence-electron chi connectivity index (χ2n) is 4.50. The van der Waals surface area contributed by atoms with E-state index >= 15 is 0 Å². The van der Waals surface area contributed by atoms with Gasteiger partial charge in [0.1, 0.15) is 5.82 Å². The number of hydrogen-bond donors (Lipinski definition) is 2. The van der Waals surface area contributed by atoms with Crippen molar-refractivity contribution >= 4 is 5.91 Å². The number of nitrogens with one attached hydrogen (secondary N) is 1. The molecule has 0 radical (unpaired) electrons. The molecule has 1 aliphatic carbocycles. The molecule has 0 spiro atoms. The zero-order chi connectivity index (χ0) is 12.3. The number of halogens is 1. The Labute approximate surface area is 100 Å². The molecule has 2 rings (SSSR count). The lowest BCUT2D eigenvalue weighted by Gasteiger charge is -2.18. The molecule has 0 saturated heterocycles. The van der Waals surface area contributed by atoms with Gasteiger partial charge in [0.05, 0.1) is 5.54 Å². The van der Waals surface area contributed by atoms with Crippen LogP contribution >= 0.6 is 0 Å². The zero-order valence-electron chi connectivity index (χ0n) is 9.71. The van der Waals surface area contributed by atoms with E-state index in [0.717, 1.165) is 12.8 Å². The molecule has 4 heteroatoms. The van der Waals surface area contributed by atoms with Crippen LogP contribution in [0.1, 0.15) is 31.2 Å². The van der Waals surface area contributed by atoms with Crippen LogP contribution in [0.5, 0.6) is 0 Å². The zero-order valence-corrected chi connectivity index (χ0v) is 9.71. The highest BCUT2D eigenvalue weighted by atomic mass is 19.1. The predicted octanol–water partition coefficient (Wildman–Crippen LogP) is 1.67. The van der Waals surface area contributed by atoms with Crippen molar-refractivity contribution in [2.45, 2.75) is 31.2 Å². The topological polar surface area (TPSA) is 55.1 Å². The first kappa shape index (κ1) is 12.0. The summed E-state index contributed by atoms with van der Waals surface area (Å²) in [7, 11) is 0. The summed E-state index contributed by atoms with van der Waals surface area (Å²) in [5.74, 6) is -0.291. The molecule has 0 aliphatic heterocycles. The molecule has 1 aromatic rings. The van der Waals surface area contributed by atoms with Crippen LogP contribution in [0, 0.1) is 5.82 Å². The third kappa shape index (κ3) is 2.64. The molecule has 0 aromatic heterocycles. The van der Waals surface area contributed by atoms with Crippen LogP contribution in [0.25, 0.3) is 0 Å². The summed E-state index contributed by atoms with van der Waals surface area (Å²) < 4.78 is 13.7. The summed E-state index contributed by atoms with van der Waals surface area (Å²) in [5.41, 5.74) is 5.49. The number of benzene rings is 1. The van der Waals surface area contributed by atoms with E-state index in [9.17, 15) is 9.18 Å². The van der Waals surface area contributed by atoms with Crippen molar-refractivity contribution in [3.05, 3.63) is 35.6 Å². The second-order valence-corrected chi connectivity index (χ2v) is 4.50. The molecule has 0 heterocycles. The normalized spacial score (nSPS) is 16.6. The minimum absolute atomic E-state index is 0.0452. The highest BCUT2D eigenvalue weighted by molar-refractivity contribution is 5.77. The van der Waals surface area contributed by atoms with Crippen molar-refractivity contribution in [2.75, 3.05) is 6.54 Å². The quantitative estimate of drug-likeness (QED) is 0.817. The van der Waals surface area contributed by atoms with E-state index in [1.807, 2.05) is 0 Å². The first-order valence-corrected chi connectivity index (χ1v) is 5.94. The van der Waals surface area contributed by atoms with Gasteiger partial charge in [0.2, 0.25) is 5.91 Å². The number of hydrogen-bond acceptors (Lipinski definition) is 2. The maximum Gasteiger partial charge on any atom is 0.220 e. The lowest BCUT2D eigenvalue weighted by molar-refractivity contribution is -0.122. The summed E-state index contributed by atoms with van der Waals surface area (Å²) in [6.07, 6.45) is 2.69. The van der Waals surface area contributed by atoms with Gasteiger partial charge in [0, 0.05) is 12.0 Å². The third-order valence-electron chi connectivity index (χ3n) is 3.13. The smallest absolute Gasteiger partial charge is 0.220 e. The number of rotatable bonds is 5. The Kier molecular flexibility index (Phi) is 3.43. The van der Waals surface area contributed by atoms with Crippen LogP contribution in [0.2, 0.25) is 0 Å². The van der Waals surface area contributed by atoms with E-state index in [0.29, 0.717) is 24.9 Å². The lowest BCUT2D eigenvalue weighted by atomic mass is 10.0. The first-order valence-electron chi connectivity index (χ1n) is 5.94. The minimum atomic E-state index is -0.461. The molecule has 3 nitrogen and oxygen atoms in total. The van der Waals surface area contributed by atoms with Gasteiger partial charge in [-0.2, -0.15) is 0 Å². The highest BCUT2D eigenvalue weighted by Gasteiger charge is 2.47. The lowest BCUT2D eigenvalue weighted by Crippen LogP contribution is -2.35. The van der Waals surface area contributed by atoms with E-state index in [2.05, 4.69) is 5.32 Å². The van der Waals surface area contributed by atoms with Crippen LogP contribution < -0.4 is 11.1 Å². The Morgan fingerprint density at radius 1 is 1.41 bits per heavy atom. The Morgan fingerprint density at radius 3 is 2.71 bits per heavy atom. The van der Waals surface area contributed by atoms with Gasteiger partial charge < -0.3 is 11.1 Å². The van der Waals surface area contributed by atoms with Crippen molar-refractivity contribution in [1.29, 1.82) is 0 Å². The largest absolute Gasteiger partial charge is 0.346 e. The summed E-state index contributed by atoms with van der Waals surface area (Å²) in [6, 6.07) is 6.63. The van der Waals surface area contributed by atoms with Gasteiger partial charge in [-0.1, -0.05) is 18.2 Å². The maximum absolute atomic E-state index is 13.7. The molecule has 1 aromatic carbocycles. The van der Waals surface area contributed by atoms with E-state index in [4.69, 9.17) is 5.73 Å². The van der Waals surface area contributed by atoms with E-state index in [-0.39, 0.29) is 11.7 Å². The number of carbonyl (C=O) groups excluding carboxylic acids is 1. The third-order valence-corrected chi connectivity index (χ3v) is 3.13. The van der Waals surface area contributed by atoms with Gasteiger partial charge in [0.15, 0.2) is 0 Å². The van der Waals surface area contributed by atoms with Crippen molar-refractivity contribution < 1.29 is 9.18 Å². The molecule has 17 heavy (non-hydrogen) atoms.